The second-order valence-corrected chi connectivity index (χ2v) is 2.50. The Bertz CT molecular complexity index is 306. The molecule has 1 aromatic rings. The van der Waals surface area contributed by atoms with Crippen LogP contribution in [0, 0.1) is 0 Å². The maximum Gasteiger partial charge on any atom is 0.155 e. The molecule has 56 valence electrons. The van der Waals surface area contributed by atoms with Gasteiger partial charge in [0.05, 0.1) is 5.69 Å². The molecule has 0 aromatic carbocycles. The maximum atomic E-state index is 4.15. The van der Waals surface area contributed by atoms with E-state index in [0.717, 1.165) is 17.3 Å². The Kier molecular flexibility index (Phi) is 1.12. The lowest BCUT2D eigenvalue weighted by Gasteiger charge is -2.09. The Morgan fingerprint density at radius 1 is 1.64 bits per heavy atom. The molecule has 0 atom stereocenters. The molecule has 1 N–H and O–H groups in total. The van der Waals surface area contributed by atoms with Gasteiger partial charge in [0.1, 0.15) is 5.82 Å². The average molecular weight is 147 g/mol. The van der Waals surface area contributed by atoms with Gasteiger partial charge in [-0.1, -0.05) is 6.58 Å². The predicted molar refractivity (Wildman–Crippen MR) is 45.4 cm³/mol. The van der Waals surface area contributed by atoms with Crippen LogP contribution in [0.15, 0.2) is 30.7 Å². The summed E-state index contributed by atoms with van der Waals surface area (Å²) in [5.41, 5.74) is 1.08. The van der Waals surface area contributed by atoms with E-state index in [-0.39, 0.29) is 0 Å². The Balaban J connectivity index is 2.55. The minimum atomic E-state index is 0.874. The van der Waals surface area contributed by atoms with E-state index in [1.54, 1.807) is 6.20 Å². The molecule has 0 radical (unpaired) electrons. The highest BCUT2D eigenvalue weighted by molar-refractivity contribution is 5.76. The van der Waals surface area contributed by atoms with Gasteiger partial charge in [-0.05, 0) is 12.1 Å². The number of hydrogen-bond donors (Lipinski definition) is 1. The van der Waals surface area contributed by atoms with Gasteiger partial charge in [0, 0.05) is 13.2 Å². The summed E-state index contributed by atoms with van der Waals surface area (Å²) in [6.07, 6.45) is 1.76. The highest BCUT2D eigenvalue weighted by Crippen LogP contribution is 2.31. The van der Waals surface area contributed by atoms with Crippen molar-refractivity contribution in [3.05, 3.63) is 30.7 Å². The molecule has 0 fully saturated rings. The smallest absolute Gasteiger partial charge is 0.155 e. The number of nitrogens with zero attached hydrogens (tertiary/aromatic N) is 2. The van der Waals surface area contributed by atoms with E-state index in [4.69, 9.17) is 0 Å². The molecular formula is C8H9N3. The normalized spacial score (nSPS) is 14.6. The molecule has 0 amide bonds. The second kappa shape index (κ2) is 1.99. The third-order valence-electron chi connectivity index (χ3n) is 1.82. The quantitative estimate of drug-likeness (QED) is 0.601. The third kappa shape index (κ3) is 0.774. The van der Waals surface area contributed by atoms with Crippen LogP contribution in [0.4, 0.5) is 11.5 Å². The van der Waals surface area contributed by atoms with Crippen molar-refractivity contribution in [3.8, 4) is 0 Å². The zero-order chi connectivity index (χ0) is 7.84. The summed E-state index contributed by atoms with van der Waals surface area (Å²) in [5, 5.41) is 3.07. The number of hydrogen-bond acceptors (Lipinski definition) is 3. The number of nitrogens with one attached hydrogen (secondary N) is 1. The van der Waals surface area contributed by atoms with E-state index < -0.39 is 0 Å². The molecule has 2 rings (SSSR count). The van der Waals surface area contributed by atoms with Crippen molar-refractivity contribution in [3.63, 3.8) is 0 Å². The fourth-order valence-electron chi connectivity index (χ4n) is 1.13. The van der Waals surface area contributed by atoms with Gasteiger partial charge in [-0.2, -0.15) is 0 Å². The molecule has 0 bridgehead atoms. The van der Waals surface area contributed by atoms with E-state index in [1.807, 2.05) is 24.1 Å². The van der Waals surface area contributed by atoms with E-state index in [1.165, 1.54) is 0 Å². The Morgan fingerprint density at radius 2 is 2.45 bits per heavy atom. The van der Waals surface area contributed by atoms with Crippen LogP contribution in [-0.4, -0.2) is 12.0 Å². The van der Waals surface area contributed by atoms with Crippen molar-refractivity contribution >= 4 is 11.5 Å². The Morgan fingerprint density at radius 3 is 3.18 bits per heavy atom. The molecule has 11 heavy (non-hydrogen) atoms. The van der Waals surface area contributed by atoms with Crippen LogP contribution in [0.5, 0.6) is 0 Å². The van der Waals surface area contributed by atoms with Crippen LogP contribution >= 0.6 is 0 Å². The largest absolute Gasteiger partial charge is 0.328 e. The first-order chi connectivity index (χ1) is 5.29. The zero-order valence-corrected chi connectivity index (χ0v) is 6.33. The van der Waals surface area contributed by atoms with Crippen LogP contribution in [-0.2, 0) is 0 Å². The Hall–Kier alpha value is -1.51. The third-order valence-corrected chi connectivity index (χ3v) is 1.82. The molecule has 0 unspecified atom stereocenters. The lowest BCUT2D eigenvalue weighted by molar-refractivity contribution is 1.17. The molecule has 1 aliphatic rings. The van der Waals surface area contributed by atoms with E-state index >= 15 is 0 Å². The van der Waals surface area contributed by atoms with Crippen molar-refractivity contribution in [1.29, 1.82) is 0 Å². The lowest BCUT2D eigenvalue weighted by Crippen LogP contribution is -2.12. The zero-order valence-electron chi connectivity index (χ0n) is 6.33. The van der Waals surface area contributed by atoms with Crippen LogP contribution in [0.25, 0.3) is 0 Å². The minimum absolute atomic E-state index is 0.874. The first kappa shape index (κ1) is 6.22. The standard InChI is InChI=1S/C8H9N3/c1-6-10-8-7(11(6)2)4-3-5-9-8/h3-5H,1H2,2H3,(H,9,10). The van der Waals surface area contributed by atoms with Crippen molar-refractivity contribution < 1.29 is 0 Å². The van der Waals surface area contributed by atoms with Gasteiger partial charge >= 0.3 is 0 Å². The number of rotatable bonds is 0. The molecule has 0 saturated carbocycles. The molecule has 1 aliphatic heterocycles. The molecule has 0 saturated heterocycles. The summed E-state index contributed by atoms with van der Waals surface area (Å²) in [6, 6.07) is 3.92. The van der Waals surface area contributed by atoms with Crippen LogP contribution in [0.2, 0.25) is 0 Å². The van der Waals surface area contributed by atoms with Gasteiger partial charge in [0.2, 0.25) is 0 Å². The molecule has 0 spiro atoms. The van der Waals surface area contributed by atoms with E-state index in [2.05, 4.69) is 16.9 Å². The molecule has 2 heterocycles. The first-order valence-corrected chi connectivity index (χ1v) is 3.44. The predicted octanol–water partition coefficient (Wildman–Crippen LogP) is 1.41. The molecule has 3 nitrogen and oxygen atoms in total. The summed E-state index contributed by atoms with van der Waals surface area (Å²) in [5.74, 6) is 1.76. The molecule has 3 heteroatoms. The van der Waals surface area contributed by atoms with E-state index in [0.29, 0.717) is 0 Å². The summed E-state index contributed by atoms with van der Waals surface area (Å²) in [7, 11) is 1.96. The second-order valence-electron chi connectivity index (χ2n) is 2.50. The van der Waals surface area contributed by atoms with Gasteiger partial charge < -0.3 is 10.2 Å². The summed E-state index contributed by atoms with van der Waals surface area (Å²) >= 11 is 0. The highest BCUT2D eigenvalue weighted by atomic mass is 15.3. The van der Waals surface area contributed by atoms with Crippen molar-refractivity contribution in [2.24, 2.45) is 0 Å². The molecule has 0 aliphatic carbocycles. The first-order valence-electron chi connectivity index (χ1n) is 3.44. The number of aromatic nitrogens is 1. The molecular weight excluding hydrogens is 138 g/mol. The van der Waals surface area contributed by atoms with Crippen molar-refractivity contribution in [2.45, 2.75) is 0 Å². The van der Waals surface area contributed by atoms with E-state index in [9.17, 15) is 0 Å². The fraction of sp³-hybridized carbons (Fsp3) is 0.125. The van der Waals surface area contributed by atoms with Crippen molar-refractivity contribution in [1.82, 2.24) is 4.98 Å². The van der Waals surface area contributed by atoms with Gasteiger partial charge in [0.15, 0.2) is 5.82 Å². The highest BCUT2D eigenvalue weighted by Gasteiger charge is 2.18. The minimum Gasteiger partial charge on any atom is -0.328 e. The van der Waals surface area contributed by atoms with Gasteiger partial charge in [-0.15, -0.1) is 0 Å². The fourth-order valence-corrected chi connectivity index (χ4v) is 1.13. The van der Waals surface area contributed by atoms with Crippen LogP contribution < -0.4 is 10.2 Å². The average Bonchev–Trinajstić information content (AvgIpc) is 2.30. The monoisotopic (exact) mass is 147 g/mol. The number of fused-ring (bicyclic) bond motifs is 1. The molecule has 1 aromatic heterocycles. The maximum absolute atomic E-state index is 4.15. The Labute approximate surface area is 65.4 Å². The van der Waals surface area contributed by atoms with Crippen molar-refractivity contribution in [2.75, 3.05) is 17.3 Å². The van der Waals surface area contributed by atoms with Gasteiger partial charge in [-0.25, -0.2) is 4.98 Å². The number of anilines is 2. The summed E-state index contributed by atoms with van der Waals surface area (Å²) < 4.78 is 0. The summed E-state index contributed by atoms with van der Waals surface area (Å²) in [6.45, 7) is 3.82. The topological polar surface area (TPSA) is 28.2 Å². The van der Waals surface area contributed by atoms with Crippen LogP contribution in [0.3, 0.4) is 0 Å². The summed E-state index contributed by atoms with van der Waals surface area (Å²) in [4.78, 5) is 6.12. The number of pyridine rings is 1. The van der Waals surface area contributed by atoms with Gasteiger partial charge in [0.25, 0.3) is 0 Å². The lowest BCUT2D eigenvalue weighted by atomic mass is 10.4. The SMILES string of the molecule is C=C1Nc2ncccc2N1C. The van der Waals surface area contributed by atoms with Gasteiger partial charge in [-0.3, -0.25) is 0 Å². The van der Waals surface area contributed by atoms with Crippen LogP contribution in [0.1, 0.15) is 0 Å².